The van der Waals surface area contributed by atoms with Gasteiger partial charge in [0.05, 0.1) is 0 Å². The van der Waals surface area contributed by atoms with E-state index in [0.717, 1.165) is 27.7 Å². The van der Waals surface area contributed by atoms with Gasteiger partial charge in [0.25, 0.3) is 0 Å². The Bertz CT molecular complexity index is 836. The van der Waals surface area contributed by atoms with E-state index in [1.54, 1.807) is 18.2 Å². The maximum Gasteiger partial charge on any atom is 0.169 e. The number of halogens is 2. The quantitative estimate of drug-likeness (QED) is 0.661. The molecule has 1 aromatic heterocycles. The van der Waals surface area contributed by atoms with Gasteiger partial charge in [-0.2, -0.15) is 0 Å². The predicted molar refractivity (Wildman–Crippen MR) is 87.5 cm³/mol. The van der Waals surface area contributed by atoms with E-state index < -0.39 is 0 Å². The van der Waals surface area contributed by atoms with Gasteiger partial charge in [0.2, 0.25) is 0 Å². The van der Waals surface area contributed by atoms with Crippen molar-refractivity contribution in [2.45, 2.75) is 13.3 Å². The summed E-state index contributed by atoms with van der Waals surface area (Å²) in [5, 5.41) is 2.04. The second-order valence-corrected chi connectivity index (χ2v) is 5.85. The molecule has 1 heterocycles. The summed E-state index contributed by atoms with van der Waals surface area (Å²) in [4.78, 5) is 15.9. The van der Waals surface area contributed by atoms with Crippen molar-refractivity contribution in [1.29, 1.82) is 0 Å². The van der Waals surface area contributed by atoms with E-state index in [1.165, 1.54) is 0 Å². The molecule has 0 atom stereocenters. The Balaban J connectivity index is 1.99. The van der Waals surface area contributed by atoms with Crippen molar-refractivity contribution in [3.63, 3.8) is 0 Å². The highest BCUT2D eigenvalue weighted by atomic mass is 35.5. The number of carbonyl (C=O) groups is 1. The molecule has 0 aliphatic rings. The molecule has 0 fully saturated rings. The first-order valence-electron chi connectivity index (χ1n) is 6.60. The minimum atomic E-state index is 0.0502. The zero-order chi connectivity index (χ0) is 15.0. The van der Waals surface area contributed by atoms with Crippen LogP contribution in [0.1, 0.15) is 21.6 Å². The molecule has 0 bridgehead atoms. The minimum absolute atomic E-state index is 0.0502. The molecule has 0 spiro atoms. The summed E-state index contributed by atoms with van der Waals surface area (Å²) < 4.78 is 0. The molecular formula is C17H13Cl2NO. The van der Waals surface area contributed by atoms with Crippen LogP contribution in [0.3, 0.4) is 0 Å². The summed E-state index contributed by atoms with van der Waals surface area (Å²) in [5.74, 6) is 0.0502. The molecule has 4 heteroatoms. The van der Waals surface area contributed by atoms with Crippen molar-refractivity contribution in [3.8, 4) is 0 Å². The Labute approximate surface area is 132 Å². The number of aryl methyl sites for hydroxylation is 1. The van der Waals surface area contributed by atoms with Crippen LogP contribution in [0.5, 0.6) is 0 Å². The lowest BCUT2D eigenvalue weighted by molar-refractivity contribution is 0.0994. The van der Waals surface area contributed by atoms with Crippen LogP contribution in [-0.4, -0.2) is 10.8 Å². The van der Waals surface area contributed by atoms with Gasteiger partial charge in [0.1, 0.15) is 0 Å². The maximum atomic E-state index is 12.6. The van der Waals surface area contributed by atoms with E-state index in [-0.39, 0.29) is 12.2 Å². The second kappa shape index (κ2) is 5.55. The third kappa shape index (κ3) is 2.69. The number of hydrogen-bond donors (Lipinski definition) is 1. The lowest BCUT2D eigenvalue weighted by Crippen LogP contribution is -2.05. The Kier molecular flexibility index (Phi) is 3.75. The maximum absolute atomic E-state index is 12.6. The van der Waals surface area contributed by atoms with Gasteiger partial charge in [0, 0.05) is 38.6 Å². The average Bonchev–Trinajstić information content (AvgIpc) is 2.77. The van der Waals surface area contributed by atoms with Crippen LogP contribution in [0.2, 0.25) is 10.0 Å². The molecule has 0 radical (unpaired) electrons. The number of carbonyl (C=O) groups excluding carboxylic acids is 1. The number of aromatic nitrogens is 1. The number of rotatable bonds is 3. The summed E-state index contributed by atoms with van der Waals surface area (Å²) >= 11 is 12.0. The number of Topliss-reactive ketones (excluding diaryl/α,β-unsaturated/α-hetero) is 1. The largest absolute Gasteiger partial charge is 0.358 e. The number of hydrogen-bond acceptors (Lipinski definition) is 1. The number of aromatic amines is 1. The number of H-pyrrole nitrogens is 1. The molecule has 0 aliphatic heterocycles. The second-order valence-electron chi connectivity index (χ2n) is 5.01. The molecule has 21 heavy (non-hydrogen) atoms. The molecule has 1 N–H and O–H groups in total. The molecule has 2 aromatic carbocycles. The first-order valence-corrected chi connectivity index (χ1v) is 7.36. The van der Waals surface area contributed by atoms with Crippen molar-refractivity contribution < 1.29 is 4.79 Å². The lowest BCUT2D eigenvalue weighted by Gasteiger charge is -2.05. The molecule has 0 saturated heterocycles. The number of fused-ring (bicyclic) bond motifs is 1. The SMILES string of the molecule is Cc1[nH]c2ccccc2c1C(=O)Cc1ccc(Cl)cc1Cl. The monoisotopic (exact) mass is 317 g/mol. The van der Waals surface area contributed by atoms with Crippen LogP contribution in [0.25, 0.3) is 10.9 Å². The predicted octanol–water partition coefficient (Wildman–Crippen LogP) is 5.21. The number of nitrogens with one attached hydrogen (secondary N) is 1. The molecule has 106 valence electrons. The van der Waals surface area contributed by atoms with E-state index >= 15 is 0 Å². The first-order chi connectivity index (χ1) is 10.1. The highest BCUT2D eigenvalue weighted by molar-refractivity contribution is 6.35. The fourth-order valence-corrected chi connectivity index (χ4v) is 3.04. The topological polar surface area (TPSA) is 32.9 Å². The summed E-state index contributed by atoms with van der Waals surface area (Å²) in [6, 6.07) is 13.0. The standard InChI is InChI=1S/C17H13Cl2NO/c1-10-17(13-4-2-3-5-15(13)20-10)16(21)8-11-6-7-12(18)9-14(11)19/h2-7,9,20H,8H2,1H3. The number of ketones is 1. The minimum Gasteiger partial charge on any atom is -0.358 e. The fourth-order valence-electron chi connectivity index (χ4n) is 2.56. The molecule has 3 rings (SSSR count). The van der Waals surface area contributed by atoms with Gasteiger partial charge in [-0.05, 0) is 30.7 Å². The summed E-state index contributed by atoms with van der Waals surface area (Å²) in [6.07, 6.45) is 0.263. The highest BCUT2D eigenvalue weighted by Crippen LogP contribution is 2.26. The fraction of sp³-hybridized carbons (Fsp3) is 0.118. The van der Waals surface area contributed by atoms with E-state index in [9.17, 15) is 4.79 Å². The van der Waals surface area contributed by atoms with E-state index in [2.05, 4.69) is 4.98 Å². The van der Waals surface area contributed by atoms with Gasteiger partial charge in [-0.3, -0.25) is 4.79 Å². The molecule has 2 nitrogen and oxygen atoms in total. The Morgan fingerprint density at radius 1 is 1.14 bits per heavy atom. The molecule has 0 saturated carbocycles. The number of para-hydroxylation sites is 1. The van der Waals surface area contributed by atoms with E-state index in [4.69, 9.17) is 23.2 Å². The normalized spacial score (nSPS) is 11.0. The van der Waals surface area contributed by atoms with Crippen LogP contribution in [0, 0.1) is 6.92 Å². The zero-order valence-electron chi connectivity index (χ0n) is 11.4. The van der Waals surface area contributed by atoms with Gasteiger partial charge in [-0.15, -0.1) is 0 Å². The van der Waals surface area contributed by atoms with Gasteiger partial charge in [-0.1, -0.05) is 47.5 Å². The van der Waals surface area contributed by atoms with Crippen LogP contribution in [0.4, 0.5) is 0 Å². The smallest absolute Gasteiger partial charge is 0.169 e. The van der Waals surface area contributed by atoms with E-state index in [1.807, 2.05) is 31.2 Å². The Hall–Kier alpha value is -1.77. The van der Waals surface area contributed by atoms with Crippen molar-refractivity contribution in [2.24, 2.45) is 0 Å². The molecule has 0 aliphatic carbocycles. The van der Waals surface area contributed by atoms with E-state index in [0.29, 0.717) is 10.0 Å². The van der Waals surface area contributed by atoms with Crippen molar-refractivity contribution in [1.82, 2.24) is 4.98 Å². The average molecular weight is 318 g/mol. The third-order valence-corrected chi connectivity index (χ3v) is 4.13. The lowest BCUT2D eigenvalue weighted by atomic mass is 10.0. The van der Waals surface area contributed by atoms with Crippen LogP contribution in [0.15, 0.2) is 42.5 Å². The Morgan fingerprint density at radius 2 is 1.90 bits per heavy atom. The third-order valence-electron chi connectivity index (χ3n) is 3.54. The molecule has 0 amide bonds. The van der Waals surface area contributed by atoms with Gasteiger partial charge in [-0.25, -0.2) is 0 Å². The summed E-state index contributed by atoms with van der Waals surface area (Å²) in [6.45, 7) is 1.91. The number of benzene rings is 2. The summed E-state index contributed by atoms with van der Waals surface area (Å²) in [7, 11) is 0. The zero-order valence-corrected chi connectivity index (χ0v) is 12.9. The van der Waals surface area contributed by atoms with Crippen molar-refractivity contribution in [3.05, 3.63) is 69.3 Å². The van der Waals surface area contributed by atoms with Crippen LogP contribution < -0.4 is 0 Å². The highest BCUT2D eigenvalue weighted by Gasteiger charge is 2.17. The van der Waals surface area contributed by atoms with Gasteiger partial charge < -0.3 is 4.98 Å². The van der Waals surface area contributed by atoms with Crippen LogP contribution in [-0.2, 0) is 6.42 Å². The summed E-state index contributed by atoms with van der Waals surface area (Å²) in [5.41, 5.74) is 3.37. The van der Waals surface area contributed by atoms with Gasteiger partial charge >= 0.3 is 0 Å². The Morgan fingerprint density at radius 3 is 2.67 bits per heavy atom. The van der Waals surface area contributed by atoms with Crippen molar-refractivity contribution in [2.75, 3.05) is 0 Å². The molecule has 3 aromatic rings. The van der Waals surface area contributed by atoms with Crippen LogP contribution >= 0.6 is 23.2 Å². The first kappa shape index (κ1) is 14.2. The molecular weight excluding hydrogens is 305 g/mol. The molecule has 0 unspecified atom stereocenters. The van der Waals surface area contributed by atoms with Gasteiger partial charge in [0.15, 0.2) is 5.78 Å². The van der Waals surface area contributed by atoms with Crippen molar-refractivity contribution >= 4 is 39.9 Å².